The molecule has 0 saturated heterocycles. The average Bonchev–Trinajstić information content (AvgIpc) is 3.16. The average molecular weight is 1490 g/mol. The van der Waals surface area contributed by atoms with E-state index in [2.05, 4.69) is 16.0 Å². The van der Waals surface area contributed by atoms with Crippen molar-refractivity contribution < 1.29 is 68.5 Å². The topological polar surface area (TPSA) is 274 Å². The third-order valence-corrected chi connectivity index (χ3v) is 14.0. The number of esters is 1. The number of carbonyl (C=O) groups excluding carboxylic acids is 6. The maximum atomic E-state index is 14.0. The monoisotopic (exact) mass is 1490 g/mol. The van der Waals surface area contributed by atoms with Gasteiger partial charge in [-0.15, -0.1) is 0 Å². The highest BCUT2D eigenvalue weighted by Gasteiger charge is 2.33. The maximum absolute atomic E-state index is 14.0. The summed E-state index contributed by atoms with van der Waals surface area (Å²) >= 11 is 11.0. The molecule has 0 radical (unpaired) electrons. The van der Waals surface area contributed by atoms with Gasteiger partial charge < -0.3 is 65.5 Å². The zero-order valence-electron chi connectivity index (χ0n) is 31.0. The number of benzene rings is 2. The lowest BCUT2D eigenvalue weighted by Crippen LogP contribution is -2.39. The molecule has 2 aromatic rings. The molecule has 0 spiro atoms. The predicted octanol–water partition coefficient (Wildman–Crippen LogP) is 1.28. The van der Waals surface area contributed by atoms with Crippen LogP contribution in [0.5, 0.6) is 0 Å². The molecule has 0 aromatic heterocycles. The highest BCUT2D eigenvalue weighted by Crippen LogP contribution is 2.38. The van der Waals surface area contributed by atoms with Crippen molar-refractivity contribution >= 4 is 182 Å². The van der Waals surface area contributed by atoms with Gasteiger partial charge in [-0.2, -0.15) is 0 Å². The quantitative estimate of drug-likeness (QED) is 0.0686. The molecule has 0 aliphatic rings. The van der Waals surface area contributed by atoms with Gasteiger partial charge in [0.2, 0.25) is 11.8 Å². The Hall–Kier alpha value is -0.640. The predicted molar refractivity (Wildman–Crippen MR) is 259 cm³/mol. The Morgan fingerprint density at radius 1 is 0.603 bits per heavy atom. The van der Waals surface area contributed by atoms with Crippen molar-refractivity contribution in [2.45, 2.75) is 18.3 Å². The molecular weight excluding hydrogens is 1450 g/mol. The lowest BCUT2D eigenvalue weighted by atomic mass is 10.1. The van der Waals surface area contributed by atoms with Crippen LogP contribution in [0, 0.1) is 21.4 Å². The minimum atomic E-state index is -1.46. The smallest absolute Gasteiger partial charge is 0.340 e. The summed E-state index contributed by atoms with van der Waals surface area (Å²) in [5.74, 6) is -4.16. The molecule has 58 heavy (non-hydrogen) atoms. The Bertz CT molecular complexity index is 1890. The molecule has 322 valence electrons. The summed E-state index contributed by atoms with van der Waals surface area (Å²) in [6.45, 7) is -3.46. The molecule has 19 nitrogen and oxygen atoms in total. The lowest BCUT2D eigenvalue weighted by Gasteiger charge is -2.25. The van der Waals surface area contributed by atoms with Crippen molar-refractivity contribution in [1.82, 2.24) is 15.1 Å². The van der Waals surface area contributed by atoms with Gasteiger partial charge in [-0.05, 0) is 136 Å². The van der Waals surface area contributed by atoms with Crippen molar-refractivity contribution in [2.75, 3.05) is 91.6 Å². The second-order valence-electron chi connectivity index (χ2n) is 12.1. The van der Waals surface area contributed by atoms with Crippen LogP contribution in [-0.2, 0) is 23.8 Å². The van der Waals surface area contributed by atoms with Crippen LogP contribution in [0.1, 0.15) is 41.4 Å². The summed E-state index contributed by atoms with van der Waals surface area (Å²) < 4.78 is 16.6. The summed E-state index contributed by atoms with van der Waals surface area (Å²) in [6.07, 6.45) is -3.96. The molecule has 0 aliphatic carbocycles. The van der Waals surface area contributed by atoms with E-state index in [0.717, 1.165) is 9.80 Å². The Morgan fingerprint density at radius 3 is 1.43 bits per heavy atom. The van der Waals surface area contributed by atoms with E-state index in [1.165, 1.54) is 28.3 Å². The van der Waals surface area contributed by atoms with Crippen LogP contribution >= 0.6 is 136 Å². The Balaban J connectivity index is 2.49. The molecule has 2 rings (SSSR count). The largest absolute Gasteiger partial charge is 0.459 e. The van der Waals surface area contributed by atoms with Gasteiger partial charge in [0, 0.05) is 55.1 Å². The minimum absolute atomic E-state index is 0.00109. The Kier molecular flexibility index (Phi) is 23.5. The van der Waals surface area contributed by atoms with Crippen LogP contribution in [0.3, 0.4) is 0 Å². The molecule has 3 atom stereocenters. The van der Waals surface area contributed by atoms with Crippen LogP contribution in [0.25, 0.3) is 0 Å². The molecule has 2 aromatic carbocycles. The molecule has 0 heterocycles. The van der Waals surface area contributed by atoms with Gasteiger partial charge >= 0.3 is 5.97 Å². The number of likely N-dealkylation sites (N-methyl/N-ethyl adjacent to an activating group) is 2. The maximum Gasteiger partial charge on any atom is 0.340 e. The molecular formula is C33H39I6N5O14. The van der Waals surface area contributed by atoms with Gasteiger partial charge in [0.15, 0.2) is 0 Å². The van der Waals surface area contributed by atoms with Crippen LogP contribution in [0.4, 0.5) is 11.4 Å². The summed E-state index contributed by atoms with van der Waals surface area (Å²) in [4.78, 5) is 82.1. The minimum Gasteiger partial charge on any atom is -0.459 e. The summed E-state index contributed by atoms with van der Waals surface area (Å²) in [6, 6.07) is 0. The number of carbonyl (C=O) groups is 6. The van der Waals surface area contributed by atoms with Crippen LogP contribution < -0.4 is 16.0 Å². The van der Waals surface area contributed by atoms with Crippen LogP contribution in [0.2, 0.25) is 0 Å². The first kappa shape index (κ1) is 53.5. The number of hydrogen-bond acceptors (Lipinski definition) is 14. The van der Waals surface area contributed by atoms with E-state index in [1.54, 1.807) is 22.6 Å². The fraction of sp³-hybridized carbons (Fsp3) is 0.455. The van der Waals surface area contributed by atoms with E-state index in [1.807, 2.05) is 113 Å². The molecule has 0 saturated carbocycles. The van der Waals surface area contributed by atoms with Gasteiger partial charge in [-0.25, -0.2) is 4.79 Å². The normalized spacial score (nSPS) is 12.6. The number of ether oxygens (including phenoxy) is 3. The first-order valence-corrected chi connectivity index (χ1v) is 22.9. The fourth-order valence-corrected chi connectivity index (χ4v) is 13.5. The van der Waals surface area contributed by atoms with Gasteiger partial charge in [-0.3, -0.25) is 24.0 Å². The van der Waals surface area contributed by atoms with E-state index < -0.39 is 73.6 Å². The van der Waals surface area contributed by atoms with E-state index in [-0.39, 0.29) is 87.9 Å². The summed E-state index contributed by atoms with van der Waals surface area (Å²) in [5, 5.41) is 57.1. The third-order valence-electron chi connectivity index (χ3n) is 7.56. The van der Waals surface area contributed by atoms with E-state index in [4.69, 9.17) is 14.2 Å². The molecule has 0 fully saturated rings. The fourth-order valence-electron chi connectivity index (χ4n) is 4.81. The number of aliphatic hydroxyl groups excluding tert-OH is 5. The number of rotatable bonds is 20. The lowest BCUT2D eigenvalue weighted by molar-refractivity contribution is -0.120. The van der Waals surface area contributed by atoms with Crippen molar-refractivity contribution in [2.24, 2.45) is 0 Å². The van der Waals surface area contributed by atoms with Crippen LogP contribution in [0.15, 0.2) is 0 Å². The first-order chi connectivity index (χ1) is 27.2. The number of nitrogens with one attached hydrogen (secondary N) is 3. The van der Waals surface area contributed by atoms with Gasteiger partial charge in [0.25, 0.3) is 17.7 Å². The number of nitrogens with zero attached hydrogens (tertiary/aromatic N) is 2. The Labute approximate surface area is 414 Å². The number of amides is 5. The van der Waals surface area contributed by atoms with Crippen molar-refractivity contribution in [3.05, 3.63) is 43.7 Å². The van der Waals surface area contributed by atoms with E-state index >= 15 is 0 Å². The van der Waals surface area contributed by atoms with Gasteiger partial charge in [0.1, 0.15) is 25.9 Å². The first-order valence-electron chi connectivity index (χ1n) is 16.4. The van der Waals surface area contributed by atoms with Crippen molar-refractivity contribution in [3.8, 4) is 0 Å². The van der Waals surface area contributed by atoms with Crippen LogP contribution in [-0.4, -0.2) is 170 Å². The number of hydrogen-bond donors (Lipinski definition) is 8. The second-order valence-corrected chi connectivity index (χ2v) is 18.6. The van der Waals surface area contributed by atoms with Crippen molar-refractivity contribution in [1.29, 1.82) is 0 Å². The molecule has 3 unspecified atom stereocenters. The van der Waals surface area contributed by atoms with Gasteiger partial charge in [0.05, 0.1) is 73.3 Å². The summed E-state index contributed by atoms with van der Waals surface area (Å²) in [7, 11) is 5.38. The highest BCUT2D eigenvalue weighted by atomic mass is 127. The molecule has 0 aliphatic heterocycles. The van der Waals surface area contributed by atoms with E-state index in [9.17, 15) is 54.3 Å². The summed E-state index contributed by atoms with van der Waals surface area (Å²) in [5.41, 5.74) is 0.118. The number of methoxy groups -OCH3 is 2. The number of aliphatic hydroxyl groups is 5. The third kappa shape index (κ3) is 14.2. The molecule has 8 N–H and O–H groups in total. The van der Waals surface area contributed by atoms with Gasteiger partial charge in [-0.1, -0.05) is 0 Å². The highest BCUT2D eigenvalue weighted by molar-refractivity contribution is 14.1. The standard InChI is InChI=1S/C33H39I6N5O14/c1-43(6-14(48)9-46)32(54)20-23(35)21(27(39)29(26(20)38)42-17(51)12-57-4)33(55)58-10-15(49)7-44(2)31(53)19-22(34)18(30(52)40-5-13(47)8-45)24(36)28(25(19)37)41-16(50)11-56-3/h13-15,45-49H,5-12H2,1-4H3,(H,40,52)(H,41,50)(H,42,51). The molecule has 5 amide bonds. The molecule has 0 bridgehead atoms. The van der Waals surface area contributed by atoms with E-state index in [0.29, 0.717) is 0 Å². The number of halogens is 6. The molecule has 25 heteroatoms. The zero-order valence-corrected chi connectivity index (χ0v) is 43.9. The zero-order chi connectivity index (χ0) is 44.2. The number of anilines is 2. The Morgan fingerprint density at radius 2 is 1.00 bits per heavy atom. The SMILES string of the molecule is COCC(=O)Nc1c(I)c(C(=O)NCC(O)CO)c(I)c(C(=O)N(C)CC(O)COC(=O)c2c(I)c(NC(=O)COC)c(I)c(C(=O)N(C)CC(O)CO)c2I)c1I. The second kappa shape index (κ2) is 25.5. The van der Waals surface area contributed by atoms with Crippen molar-refractivity contribution in [3.63, 3.8) is 0 Å².